The molecule has 0 spiro atoms. The van der Waals surface area contributed by atoms with Crippen molar-refractivity contribution in [1.29, 1.82) is 0 Å². The van der Waals surface area contributed by atoms with Gasteiger partial charge in [0.2, 0.25) is 0 Å². The second-order valence-corrected chi connectivity index (χ2v) is 7.56. The first-order chi connectivity index (χ1) is 6.13. The van der Waals surface area contributed by atoms with Gasteiger partial charge in [-0.3, -0.25) is 4.57 Å². The third kappa shape index (κ3) is 1.82. The molecule has 1 unspecified atom stereocenters. The second kappa shape index (κ2) is 3.56. The van der Waals surface area contributed by atoms with E-state index in [4.69, 9.17) is 15.8 Å². The maximum Gasteiger partial charge on any atom is 0.293 e. The zero-order valence-electron chi connectivity index (χ0n) is 7.91. The summed E-state index contributed by atoms with van der Waals surface area (Å²) in [5.74, 6) is 1.36. The monoisotopic (exact) mass is 222 g/mol. The van der Waals surface area contributed by atoms with Gasteiger partial charge >= 0.3 is 0 Å². The molecule has 2 rings (SSSR count). The van der Waals surface area contributed by atoms with Crippen LogP contribution < -0.4 is 0 Å². The summed E-state index contributed by atoms with van der Waals surface area (Å²) in [7, 11) is 0. The average molecular weight is 223 g/mol. The smallest absolute Gasteiger partial charge is 0.293 e. The molecule has 0 aromatic carbocycles. The minimum atomic E-state index is -2.81. The molecule has 0 aromatic rings. The van der Waals surface area contributed by atoms with Crippen LogP contribution in [0, 0.1) is 11.8 Å². The van der Waals surface area contributed by atoms with Crippen LogP contribution >= 0.6 is 18.0 Å². The van der Waals surface area contributed by atoms with Crippen molar-refractivity contribution in [2.75, 3.05) is 6.61 Å². The first kappa shape index (κ1) is 10.0. The van der Waals surface area contributed by atoms with Crippen molar-refractivity contribution in [3.8, 4) is 0 Å². The molecule has 0 radical (unpaired) electrons. The summed E-state index contributed by atoms with van der Waals surface area (Å²) in [6.07, 6.45) is 4.78. The van der Waals surface area contributed by atoms with Gasteiger partial charge in [-0.25, -0.2) is 0 Å². The van der Waals surface area contributed by atoms with E-state index in [9.17, 15) is 4.57 Å². The molecule has 4 atom stereocenters. The molecule has 13 heavy (non-hydrogen) atoms. The van der Waals surface area contributed by atoms with E-state index in [0.29, 0.717) is 12.5 Å². The normalized spacial score (nSPS) is 42.2. The van der Waals surface area contributed by atoms with Gasteiger partial charge in [0.1, 0.15) is 0 Å². The summed E-state index contributed by atoms with van der Waals surface area (Å²) in [6.45, 7) is -0.494. The predicted octanol–water partition coefficient (Wildman–Crippen LogP) is 3.64. The van der Waals surface area contributed by atoms with Gasteiger partial charge in [-0.1, -0.05) is 6.42 Å². The molecule has 76 valence electrons. The zero-order valence-corrected chi connectivity index (χ0v) is 9.56. The third-order valence-electron chi connectivity index (χ3n) is 3.40. The molecule has 0 N–H and O–H groups in total. The maximum absolute atomic E-state index is 11.9. The molecule has 2 aliphatic rings. The van der Waals surface area contributed by atoms with Gasteiger partial charge in [-0.15, -0.1) is 0 Å². The highest BCUT2D eigenvalue weighted by atomic mass is 35.7. The van der Waals surface area contributed by atoms with Crippen molar-refractivity contribution in [2.24, 2.45) is 11.8 Å². The maximum atomic E-state index is 11.9. The van der Waals surface area contributed by atoms with Crippen molar-refractivity contribution < 1.29 is 9.09 Å². The van der Waals surface area contributed by atoms with Crippen LogP contribution in [0.25, 0.3) is 0 Å². The highest BCUT2D eigenvalue weighted by molar-refractivity contribution is 7.85. The Balaban J connectivity index is 2.05. The Kier molecular flexibility index (Phi) is 2.75. The molecular formula is C9H16ClO2P. The molecule has 0 heterocycles. The number of hydrogen-bond acceptors (Lipinski definition) is 2. The Morgan fingerprint density at radius 3 is 2.69 bits per heavy atom. The van der Waals surface area contributed by atoms with E-state index in [-0.39, 0.29) is 5.66 Å². The fraction of sp³-hybridized carbons (Fsp3) is 1.00. The molecule has 2 nitrogen and oxygen atoms in total. The topological polar surface area (TPSA) is 26.3 Å². The molecule has 0 aromatic heterocycles. The Labute approximate surface area is 84.2 Å². The van der Waals surface area contributed by atoms with E-state index in [2.05, 4.69) is 0 Å². The van der Waals surface area contributed by atoms with Gasteiger partial charge in [0.15, 0.2) is 0 Å². The summed E-state index contributed by atoms with van der Waals surface area (Å²) < 4.78 is 17.1. The summed E-state index contributed by atoms with van der Waals surface area (Å²) in [5, 5.41) is 0. The van der Waals surface area contributed by atoms with Crippen molar-refractivity contribution in [3.05, 3.63) is 0 Å². The molecule has 2 bridgehead atoms. The third-order valence-corrected chi connectivity index (χ3v) is 6.48. The fourth-order valence-corrected chi connectivity index (χ4v) is 5.74. The summed E-state index contributed by atoms with van der Waals surface area (Å²) >= 11 is 5.97. The number of hydrogen-bond donors (Lipinski definition) is 0. The first-order valence-corrected chi connectivity index (χ1v) is 7.67. The standard InChI is InChI=1S/C9H16ClO2P/c1-2-12-13(10,11)9-6-7-3-4-8(9)5-7/h7-9H,2-6H2,1H3/t7-,8+,9+,13?/m1/s1. The summed E-state index contributed by atoms with van der Waals surface area (Å²) in [4.78, 5) is 0. The summed E-state index contributed by atoms with van der Waals surface area (Å²) in [5.41, 5.74) is 0.160. The van der Waals surface area contributed by atoms with Crippen LogP contribution in [0.2, 0.25) is 0 Å². The van der Waals surface area contributed by atoms with Crippen LogP contribution in [-0.2, 0) is 9.09 Å². The second-order valence-electron chi connectivity index (χ2n) is 4.18. The minimum absolute atomic E-state index is 0.160. The molecule has 2 fully saturated rings. The van der Waals surface area contributed by atoms with Crippen LogP contribution in [0.3, 0.4) is 0 Å². The Morgan fingerprint density at radius 2 is 2.23 bits per heavy atom. The minimum Gasteiger partial charge on any atom is -0.318 e. The van der Waals surface area contributed by atoms with Crippen LogP contribution in [-0.4, -0.2) is 12.3 Å². The van der Waals surface area contributed by atoms with Crippen molar-refractivity contribution in [1.82, 2.24) is 0 Å². The SMILES string of the molecule is CCOP(=O)(Cl)[C@H]1C[C@@H]2CC[C@H]1C2. The van der Waals surface area contributed by atoms with Crippen molar-refractivity contribution in [3.63, 3.8) is 0 Å². The largest absolute Gasteiger partial charge is 0.318 e. The highest BCUT2D eigenvalue weighted by Crippen LogP contribution is 2.67. The highest BCUT2D eigenvalue weighted by Gasteiger charge is 2.48. The number of fused-ring (bicyclic) bond motifs is 2. The lowest BCUT2D eigenvalue weighted by atomic mass is 10.0. The Hall–Kier alpha value is 0.480. The lowest BCUT2D eigenvalue weighted by Crippen LogP contribution is -2.16. The van der Waals surface area contributed by atoms with E-state index in [1.165, 1.54) is 19.3 Å². The van der Waals surface area contributed by atoms with Crippen molar-refractivity contribution >= 4 is 18.0 Å². The van der Waals surface area contributed by atoms with E-state index in [1.54, 1.807) is 0 Å². The van der Waals surface area contributed by atoms with Crippen LogP contribution in [0.15, 0.2) is 0 Å². The van der Waals surface area contributed by atoms with Crippen LogP contribution in [0.4, 0.5) is 0 Å². The Bertz CT molecular complexity index is 244. The van der Waals surface area contributed by atoms with Crippen LogP contribution in [0.5, 0.6) is 0 Å². The van der Waals surface area contributed by atoms with E-state index in [1.807, 2.05) is 6.92 Å². The Morgan fingerprint density at radius 1 is 1.46 bits per heavy atom. The fourth-order valence-electron chi connectivity index (χ4n) is 2.86. The molecule has 0 aliphatic heterocycles. The van der Waals surface area contributed by atoms with Gasteiger partial charge in [0.25, 0.3) is 6.72 Å². The molecule has 4 heteroatoms. The lowest BCUT2D eigenvalue weighted by molar-refractivity contribution is 0.323. The number of halogens is 1. The first-order valence-electron chi connectivity index (χ1n) is 5.07. The van der Waals surface area contributed by atoms with Gasteiger partial charge in [-0.2, -0.15) is 0 Å². The zero-order chi connectivity index (χ0) is 9.47. The molecule has 2 aliphatic carbocycles. The van der Waals surface area contributed by atoms with Gasteiger partial charge in [0, 0.05) is 0 Å². The van der Waals surface area contributed by atoms with Gasteiger partial charge in [-0.05, 0) is 49.3 Å². The summed E-state index contributed by atoms with van der Waals surface area (Å²) in [6, 6.07) is 0. The molecule has 0 amide bonds. The van der Waals surface area contributed by atoms with Gasteiger partial charge in [0.05, 0.1) is 12.3 Å². The van der Waals surface area contributed by atoms with E-state index >= 15 is 0 Å². The number of rotatable bonds is 3. The van der Waals surface area contributed by atoms with Gasteiger partial charge < -0.3 is 4.52 Å². The average Bonchev–Trinajstić information content (AvgIpc) is 2.63. The molecular weight excluding hydrogens is 207 g/mol. The van der Waals surface area contributed by atoms with Crippen molar-refractivity contribution in [2.45, 2.75) is 38.3 Å². The predicted molar refractivity (Wildman–Crippen MR) is 54.3 cm³/mol. The molecule has 2 saturated carbocycles. The molecule has 0 saturated heterocycles. The quantitative estimate of drug-likeness (QED) is 0.682. The lowest BCUT2D eigenvalue weighted by Gasteiger charge is -2.25. The van der Waals surface area contributed by atoms with E-state index < -0.39 is 6.72 Å². The van der Waals surface area contributed by atoms with E-state index in [0.717, 1.165) is 12.3 Å². The van der Waals surface area contributed by atoms with Crippen LogP contribution in [0.1, 0.15) is 32.6 Å².